The van der Waals surface area contributed by atoms with E-state index < -0.39 is 5.41 Å². The molecule has 24 heavy (non-hydrogen) atoms. The van der Waals surface area contributed by atoms with E-state index >= 15 is 0 Å². The summed E-state index contributed by atoms with van der Waals surface area (Å²) in [5.74, 6) is -0.752. The third-order valence-electron chi connectivity index (χ3n) is 3.51. The number of guanidine groups is 1. The fourth-order valence-corrected chi connectivity index (χ4v) is 1.87. The predicted molar refractivity (Wildman–Crippen MR) is 93.7 cm³/mol. The van der Waals surface area contributed by atoms with Gasteiger partial charge in [0, 0.05) is 19.6 Å². The van der Waals surface area contributed by atoms with E-state index in [0.717, 1.165) is 12.0 Å². The first-order valence-electron chi connectivity index (χ1n) is 7.87. The minimum absolute atomic E-state index is 0.0738. The Bertz CT molecular complexity index is 557. The van der Waals surface area contributed by atoms with Crippen molar-refractivity contribution in [3.05, 3.63) is 42.4 Å². The molecule has 0 bridgehead atoms. The quantitative estimate of drug-likeness (QED) is 0.199. The molecule has 7 heteroatoms. The molecule has 0 aliphatic carbocycles. The lowest BCUT2D eigenvalue weighted by molar-refractivity contribution is -0.141. The second-order valence-electron chi connectivity index (χ2n) is 5.95. The number of carbonyl (C=O) groups excluding carboxylic acids is 2. The van der Waals surface area contributed by atoms with Crippen LogP contribution >= 0.6 is 0 Å². The Balaban J connectivity index is 2.32. The Labute approximate surface area is 142 Å². The van der Waals surface area contributed by atoms with Crippen LogP contribution in [0, 0.1) is 17.4 Å². The van der Waals surface area contributed by atoms with E-state index in [1.165, 1.54) is 0 Å². The number of carbonyl (C=O) groups is 2. The summed E-state index contributed by atoms with van der Waals surface area (Å²) in [5.41, 5.74) is 4.98. The lowest BCUT2D eigenvalue weighted by atomic mass is 9.91. The number of unbranched alkanes of at least 4 members (excludes halogenated alkanes) is 1. The fraction of sp³-hybridized carbons (Fsp3) is 0.412. The fourth-order valence-electron chi connectivity index (χ4n) is 1.87. The summed E-state index contributed by atoms with van der Waals surface area (Å²) in [4.78, 5) is 24.4. The van der Waals surface area contributed by atoms with Gasteiger partial charge >= 0.3 is 0 Å². The monoisotopic (exact) mass is 332 g/mol. The molecule has 0 atom stereocenters. The van der Waals surface area contributed by atoms with Gasteiger partial charge in [-0.2, -0.15) is 0 Å². The van der Waals surface area contributed by atoms with Gasteiger partial charge < -0.3 is 21.7 Å². The highest BCUT2D eigenvalue weighted by molar-refractivity contribution is 6.04. The first kappa shape index (κ1) is 19.5. The third-order valence-corrected chi connectivity index (χ3v) is 3.51. The van der Waals surface area contributed by atoms with E-state index in [0.29, 0.717) is 19.5 Å². The van der Waals surface area contributed by atoms with Crippen LogP contribution < -0.4 is 21.7 Å². The van der Waals surface area contributed by atoms with Gasteiger partial charge in [-0.3, -0.25) is 15.0 Å². The van der Waals surface area contributed by atoms with Gasteiger partial charge in [-0.15, -0.1) is 0 Å². The van der Waals surface area contributed by atoms with Crippen molar-refractivity contribution in [2.45, 2.75) is 33.2 Å². The molecule has 0 aliphatic heterocycles. The molecule has 0 unspecified atom stereocenters. The summed E-state index contributed by atoms with van der Waals surface area (Å²) in [6.07, 6.45) is 1.34. The van der Waals surface area contributed by atoms with Crippen LogP contribution in [0.25, 0.3) is 0 Å². The molecule has 0 spiro atoms. The van der Waals surface area contributed by atoms with E-state index in [1.54, 1.807) is 20.4 Å². The predicted octanol–water partition coefficient (Wildman–Crippen LogP) is 0.870. The lowest BCUT2D eigenvalue weighted by Crippen LogP contribution is -2.47. The maximum atomic E-state index is 12.3. The zero-order chi connectivity index (χ0) is 18.0. The molecular formula is C17H26N5O2. The number of nitrogens with one attached hydrogen (secondary N) is 4. The highest BCUT2D eigenvalue weighted by Crippen LogP contribution is 2.16. The minimum atomic E-state index is -1.16. The lowest BCUT2D eigenvalue weighted by Gasteiger charge is -2.22. The molecule has 7 nitrogen and oxygen atoms in total. The number of nitrogens with two attached hydrogens (primary N) is 1. The van der Waals surface area contributed by atoms with Gasteiger partial charge in [0.15, 0.2) is 5.96 Å². The first-order chi connectivity index (χ1) is 11.3. The summed E-state index contributed by atoms with van der Waals surface area (Å²) in [6, 6.07) is 9.53. The number of benzene rings is 1. The Morgan fingerprint density at radius 3 is 2.46 bits per heavy atom. The van der Waals surface area contributed by atoms with E-state index in [1.807, 2.05) is 30.3 Å². The molecule has 6 N–H and O–H groups in total. The maximum Gasteiger partial charge on any atom is 0.235 e. The maximum absolute atomic E-state index is 12.3. The van der Waals surface area contributed by atoms with Gasteiger partial charge in [-0.25, -0.2) is 0 Å². The van der Waals surface area contributed by atoms with Crippen molar-refractivity contribution < 1.29 is 9.59 Å². The van der Waals surface area contributed by atoms with Crippen molar-refractivity contribution in [2.24, 2.45) is 11.1 Å². The van der Waals surface area contributed by atoms with Gasteiger partial charge in [0.05, 0.1) is 0 Å². The van der Waals surface area contributed by atoms with Crippen molar-refractivity contribution in [2.75, 3.05) is 6.54 Å². The van der Waals surface area contributed by atoms with Gasteiger partial charge in [0.25, 0.3) is 0 Å². The Morgan fingerprint density at radius 2 is 1.83 bits per heavy atom. The van der Waals surface area contributed by atoms with E-state index in [-0.39, 0.29) is 17.8 Å². The van der Waals surface area contributed by atoms with E-state index in [2.05, 4.69) is 16.0 Å². The average Bonchev–Trinajstić information content (AvgIpc) is 2.56. The Kier molecular flexibility index (Phi) is 7.74. The number of hydrogen-bond donors (Lipinski definition) is 5. The second-order valence-corrected chi connectivity index (χ2v) is 5.95. The highest BCUT2D eigenvalue weighted by Gasteiger charge is 2.35. The molecule has 131 valence electrons. The second kappa shape index (κ2) is 9.54. The van der Waals surface area contributed by atoms with Crippen molar-refractivity contribution in [3.8, 4) is 0 Å². The van der Waals surface area contributed by atoms with Crippen LogP contribution in [0.1, 0.15) is 32.3 Å². The minimum Gasteiger partial charge on any atom is -0.370 e. The average molecular weight is 332 g/mol. The van der Waals surface area contributed by atoms with Gasteiger partial charge in [-0.1, -0.05) is 30.3 Å². The third kappa shape index (κ3) is 6.68. The SMILES string of the molecule is CC(C)(C(=O)N[CH]CCCNC(=N)N)C(=O)NCc1ccccc1. The summed E-state index contributed by atoms with van der Waals surface area (Å²) in [7, 11) is 0. The number of rotatable bonds is 9. The van der Waals surface area contributed by atoms with Crippen molar-refractivity contribution in [3.63, 3.8) is 0 Å². The molecule has 1 aromatic rings. The number of hydrogen-bond acceptors (Lipinski definition) is 3. The van der Waals surface area contributed by atoms with Gasteiger partial charge in [0.1, 0.15) is 5.41 Å². The summed E-state index contributed by atoms with van der Waals surface area (Å²) < 4.78 is 0. The van der Waals surface area contributed by atoms with E-state index in [4.69, 9.17) is 11.1 Å². The molecular weight excluding hydrogens is 306 g/mol. The largest absolute Gasteiger partial charge is 0.370 e. The number of amides is 2. The highest BCUT2D eigenvalue weighted by atomic mass is 16.2. The van der Waals surface area contributed by atoms with Gasteiger partial charge in [0.2, 0.25) is 11.8 Å². The normalized spacial score (nSPS) is 10.8. The van der Waals surface area contributed by atoms with Crippen molar-refractivity contribution >= 4 is 17.8 Å². The smallest absolute Gasteiger partial charge is 0.235 e. The zero-order valence-electron chi connectivity index (χ0n) is 14.2. The van der Waals surface area contributed by atoms with Crippen molar-refractivity contribution in [1.29, 1.82) is 5.41 Å². The Morgan fingerprint density at radius 1 is 1.17 bits per heavy atom. The molecule has 1 radical (unpaired) electrons. The van der Waals surface area contributed by atoms with Crippen LogP contribution in [0.4, 0.5) is 0 Å². The van der Waals surface area contributed by atoms with Crippen LogP contribution in [0.2, 0.25) is 0 Å². The van der Waals surface area contributed by atoms with Gasteiger partial charge in [-0.05, 0) is 32.3 Å². The van der Waals surface area contributed by atoms with Crippen LogP contribution in [0.5, 0.6) is 0 Å². The first-order valence-corrected chi connectivity index (χ1v) is 7.87. The summed E-state index contributed by atoms with van der Waals surface area (Å²) >= 11 is 0. The summed E-state index contributed by atoms with van der Waals surface area (Å²) in [5, 5.41) is 15.1. The topological polar surface area (TPSA) is 120 Å². The van der Waals surface area contributed by atoms with Crippen LogP contribution in [0.3, 0.4) is 0 Å². The molecule has 0 aliphatic rings. The summed E-state index contributed by atoms with van der Waals surface area (Å²) in [6.45, 7) is 5.75. The van der Waals surface area contributed by atoms with Crippen LogP contribution in [-0.2, 0) is 16.1 Å². The molecule has 0 saturated carbocycles. The van der Waals surface area contributed by atoms with E-state index in [9.17, 15) is 9.59 Å². The van der Waals surface area contributed by atoms with Crippen molar-refractivity contribution in [1.82, 2.24) is 16.0 Å². The molecule has 0 aromatic heterocycles. The molecule has 0 fully saturated rings. The van der Waals surface area contributed by atoms with Crippen LogP contribution in [-0.4, -0.2) is 24.3 Å². The molecule has 2 amide bonds. The Hall–Kier alpha value is -2.57. The molecule has 1 aromatic carbocycles. The zero-order valence-corrected chi connectivity index (χ0v) is 14.2. The van der Waals surface area contributed by atoms with Crippen LogP contribution in [0.15, 0.2) is 30.3 Å². The molecule has 0 heterocycles. The molecule has 1 rings (SSSR count). The standard InChI is InChI=1S/C17H26N5O2/c1-17(2,14(23)20-10-6-7-11-21-16(18)19)15(24)22-12-13-8-4-3-5-9-13/h3-5,8-10H,6-7,11-12H2,1-2H3,(H,20,23)(H,22,24)(H4,18,19,21). The molecule has 0 saturated heterocycles.